The zero-order valence-electron chi connectivity index (χ0n) is 17.0. The van der Waals surface area contributed by atoms with Gasteiger partial charge in [-0.15, -0.1) is 0 Å². The zero-order valence-corrected chi connectivity index (χ0v) is 17.8. The Kier molecular flexibility index (Phi) is 6.22. The number of carbonyl (C=O) groups is 1. The van der Waals surface area contributed by atoms with E-state index in [4.69, 9.17) is 10.5 Å². The van der Waals surface area contributed by atoms with Gasteiger partial charge < -0.3 is 10.5 Å². The number of carbonyl (C=O) groups excluding carboxylic acids is 1. The molecule has 10 heteroatoms. The number of ether oxygens (including phenoxy) is 1. The van der Waals surface area contributed by atoms with Crippen LogP contribution in [0.1, 0.15) is 31.9 Å². The van der Waals surface area contributed by atoms with Crippen molar-refractivity contribution in [3.05, 3.63) is 69.5 Å². The van der Waals surface area contributed by atoms with Crippen molar-refractivity contribution < 1.29 is 27.3 Å². The summed E-state index contributed by atoms with van der Waals surface area (Å²) in [6, 6.07) is 8.40. The van der Waals surface area contributed by atoms with Crippen LogP contribution >= 0.6 is 0 Å². The zero-order chi connectivity index (χ0) is 22.9. The third kappa shape index (κ3) is 4.00. The number of benzene rings is 2. The summed E-state index contributed by atoms with van der Waals surface area (Å²) in [5.74, 6) is -0.710. The quantitative estimate of drug-likeness (QED) is 0.538. The highest BCUT2D eigenvalue weighted by atomic mass is 32.2. The molecule has 0 aromatic heterocycles. The van der Waals surface area contributed by atoms with Crippen molar-refractivity contribution in [2.24, 2.45) is 11.1 Å². The Hall–Kier alpha value is -3.01. The third-order valence-corrected chi connectivity index (χ3v) is 7.84. The number of nitrogens with two attached hydrogens (primary N) is 1. The molecule has 1 amide bonds. The molecule has 162 valence electrons. The van der Waals surface area contributed by atoms with Crippen molar-refractivity contribution in [1.82, 2.24) is 0 Å². The number of primary amides is 1. The smallest absolute Gasteiger partial charge is 0.404 e. The van der Waals surface area contributed by atoms with E-state index >= 15 is 0 Å². The maximum atomic E-state index is 14.2. The summed E-state index contributed by atoms with van der Waals surface area (Å²) >= 11 is 0. The molecule has 1 atom stereocenters. The molecule has 2 rings (SSSR count). The first kappa shape index (κ1) is 23.3. The fraction of sp³-hybridized carbons (Fsp3) is 0.350. The fourth-order valence-electron chi connectivity index (χ4n) is 3.34. The number of sulfone groups is 1. The van der Waals surface area contributed by atoms with E-state index in [0.717, 1.165) is 18.2 Å². The number of amides is 1. The maximum absolute atomic E-state index is 14.2. The normalized spacial score (nSPS) is 14.0. The second-order valence-corrected chi connectivity index (χ2v) is 10.1. The number of aryl methyl sites for hydroxylation is 1. The van der Waals surface area contributed by atoms with Gasteiger partial charge in [0.15, 0.2) is 9.84 Å². The molecule has 0 spiro atoms. The van der Waals surface area contributed by atoms with Crippen LogP contribution in [0.15, 0.2) is 47.4 Å². The SMILES string of the molecule is Cc1ccc(S(=O)(=O)C(COC(N)=O)(c2ccc([N+](=O)[O-])cc2)C(C)(C)C)cc1F. The number of non-ortho nitro benzene ring substituents is 1. The molecule has 0 radical (unpaired) electrons. The van der Waals surface area contributed by atoms with Gasteiger partial charge in [0, 0.05) is 12.1 Å². The highest BCUT2D eigenvalue weighted by Crippen LogP contribution is 2.49. The molecule has 0 fully saturated rings. The Balaban J connectivity index is 2.86. The average Bonchev–Trinajstić information content (AvgIpc) is 2.63. The van der Waals surface area contributed by atoms with E-state index in [2.05, 4.69) is 0 Å². The molecule has 2 N–H and O–H groups in total. The molecule has 8 nitrogen and oxygen atoms in total. The van der Waals surface area contributed by atoms with Crippen LogP contribution in [-0.4, -0.2) is 26.0 Å². The van der Waals surface area contributed by atoms with Gasteiger partial charge in [-0.05, 0) is 35.6 Å². The van der Waals surface area contributed by atoms with Gasteiger partial charge in [0.05, 0.1) is 9.82 Å². The summed E-state index contributed by atoms with van der Waals surface area (Å²) in [7, 11) is -4.38. The van der Waals surface area contributed by atoms with E-state index in [1.165, 1.54) is 31.2 Å². The summed E-state index contributed by atoms with van der Waals surface area (Å²) in [5, 5.41) is 11.0. The van der Waals surface area contributed by atoms with E-state index in [0.29, 0.717) is 0 Å². The first-order valence-corrected chi connectivity index (χ1v) is 10.4. The van der Waals surface area contributed by atoms with Gasteiger partial charge in [-0.3, -0.25) is 10.1 Å². The lowest BCUT2D eigenvalue weighted by Gasteiger charge is -2.43. The van der Waals surface area contributed by atoms with E-state index in [1.54, 1.807) is 20.8 Å². The van der Waals surface area contributed by atoms with Gasteiger partial charge in [-0.25, -0.2) is 17.6 Å². The largest absolute Gasteiger partial charge is 0.448 e. The molecule has 2 aromatic rings. The Morgan fingerprint density at radius 2 is 1.73 bits per heavy atom. The number of nitro groups is 1. The molecule has 0 aliphatic carbocycles. The number of nitrogens with zero attached hydrogens (tertiary/aromatic N) is 1. The fourth-order valence-corrected chi connectivity index (χ4v) is 5.71. The molecule has 2 aromatic carbocycles. The van der Waals surface area contributed by atoms with Gasteiger partial charge in [0.1, 0.15) is 17.2 Å². The lowest BCUT2D eigenvalue weighted by Crippen LogP contribution is -2.51. The number of nitro benzene ring substituents is 1. The van der Waals surface area contributed by atoms with E-state index in [1.807, 2.05) is 0 Å². The number of rotatable bonds is 6. The lowest BCUT2D eigenvalue weighted by atomic mass is 9.76. The molecule has 0 saturated carbocycles. The third-order valence-electron chi connectivity index (χ3n) is 5.09. The van der Waals surface area contributed by atoms with Gasteiger partial charge >= 0.3 is 6.09 Å². The van der Waals surface area contributed by atoms with Crippen molar-refractivity contribution in [2.45, 2.75) is 37.3 Å². The van der Waals surface area contributed by atoms with E-state index in [-0.39, 0.29) is 21.7 Å². The molecule has 30 heavy (non-hydrogen) atoms. The van der Waals surface area contributed by atoms with Crippen molar-refractivity contribution in [3.63, 3.8) is 0 Å². The Morgan fingerprint density at radius 3 is 2.17 bits per heavy atom. The van der Waals surface area contributed by atoms with E-state index in [9.17, 15) is 27.7 Å². The van der Waals surface area contributed by atoms with Crippen LogP contribution in [0.2, 0.25) is 0 Å². The van der Waals surface area contributed by atoms with Crippen LogP contribution < -0.4 is 5.73 Å². The summed E-state index contributed by atoms with van der Waals surface area (Å²) < 4.78 is 45.0. The minimum Gasteiger partial charge on any atom is -0.448 e. The van der Waals surface area contributed by atoms with Gasteiger partial charge in [0.2, 0.25) is 0 Å². The van der Waals surface area contributed by atoms with Crippen LogP contribution in [0.3, 0.4) is 0 Å². The molecule has 0 saturated heterocycles. The van der Waals surface area contributed by atoms with Crippen LogP contribution in [0.4, 0.5) is 14.9 Å². The molecular formula is C20H23FN2O6S. The van der Waals surface area contributed by atoms with Gasteiger partial charge in [-0.2, -0.15) is 0 Å². The summed E-state index contributed by atoms with van der Waals surface area (Å²) in [4.78, 5) is 21.5. The van der Waals surface area contributed by atoms with Crippen molar-refractivity contribution in [3.8, 4) is 0 Å². The van der Waals surface area contributed by atoms with Gasteiger partial charge in [-0.1, -0.05) is 39.0 Å². The highest BCUT2D eigenvalue weighted by Gasteiger charge is 2.56. The molecule has 0 aliphatic rings. The summed E-state index contributed by atoms with van der Waals surface area (Å²) in [6.45, 7) is 5.67. The standard InChI is InChI=1S/C20H23FN2O6S/c1-13-5-10-16(11-17(13)21)30(27,28)20(19(2,3)4,12-29-18(22)24)14-6-8-15(9-7-14)23(25)26/h5-11H,12H2,1-4H3,(H2,22,24). The van der Waals surface area contributed by atoms with Crippen LogP contribution in [-0.2, 0) is 19.3 Å². The predicted molar refractivity (Wildman–Crippen MR) is 108 cm³/mol. The highest BCUT2D eigenvalue weighted by molar-refractivity contribution is 7.92. The Labute approximate surface area is 173 Å². The van der Waals surface area contributed by atoms with Crippen molar-refractivity contribution in [1.29, 1.82) is 0 Å². The second kappa shape index (κ2) is 8.02. The van der Waals surface area contributed by atoms with Crippen LogP contribution in [0.25, 0.3) is 0 Å². The summed E-state index contributed by atoms with van der Waals surface area (Å²) in [6.07, 6.45) is -1.18. The molecular weight excluding hydrogens is 415 g/mol. The van der Waals surface area contributed by atoms with Crippen molar-refractivity contribution in [2.75, 3.05) is 6.61 Å². The van der Waals surface area contributed by atoms with E-state index < -0.39 is 43.4 Å². The Morgan fingerprint density at radius 1 is 1.17 bits per heavy atom. The monoisotopic (exact) mass is 438 g/mol. The average molecular weight is 438 g/mol. The Bertz CT molecular complexity index is 1080. The molecule has 0 aliphatic heterocycles. The summed E-state index contributed by atoms with van der Waals surface area (Å²) in [5.41, 5.74) is 4.17. The lowest BCUT2D eigenvalue weighted by molar-refractivity contribution is -0.384. The van der Waals surface area contributed by atoms with Gasteiger partial charge in [0.25, 0.3) is 5.69 Å². The molecule has 1 unspecified atom stereocenters. The molecule has 0 heterocycles. The second-order valence-electron chi connectivity index (χ2n) is 7.90. The predicted octanol–water partition coefficient (Wildman–Crippen LogP) is 3.85. The first-order valence-electron chi connectivity index (χ1n) is 8.92. The maximum Gasteiger partial charge on any atom is 0.404 e. The topological polar surface area (TPSA) is 130 Å². The number of hydrogen-bond acceptors (Lipinski definition) is 6. The number of halogens is 1. The van der Waals surface area contributed by atoms with Crippen molar-refractivity contribution >= 4 is 21.6 Å². The van der Waals surface area contributed by atoms with Crippen LogP contribution in [0.5, 0.6) is 0 Å². The minimum atomic E-state index is -4.38. The minimum absolute atomic E-state index is 0.142. The molecule has 0 bridgehead atoms. The first-order chi connectivity index (χ1) is 13.7. The number of hydrogen-bond donors (Lipinski definition) is 1. The van der Waals surface area contributed by atoms with Crippen LogP contribution in [0, 0.1) is 28.3 Å².